The van der Waals surface area contributed by atoms with Crippen LogP contribution in [0.15, 0.2) is 0 Å². The van der Waals surface area contributed by atoms with Gasteiger partial charge < -0.3 is 15.0 Å². The molecule has 0 unspecified atom stereocenters. The minimum atomic E-state index is 0.0440. The van der Waals surface area contributed by atoms with Crippen molar-refractivity contribution in [3.63, 3.8) is 0 Å². The van der Waals surface area contributed by atoms with E-state index >= 15 is 0 Å². The molecule has 1 N–H and O–H groups in total. The van der Waals surface area contributed by atoms with Gasteiger partial charge in [0.15, 0.2) is 0 Å². The molecule has 0 bridgehead atoms. The van der Waals surface area contributed by atoms with E-state index in [1.807, 2.05) is 18.7 Å². The maximum Gasteiger partial charge on any atom is 0.225 e. The van der Waals surface area contributed by atoms with E-state index in [2.05, 4.69) is 5.32 Å². The Morgan fingerprint density at radius 2 is 1.83 bits per heavy atom. The smallest absolute Gasteiger partial charge is 0.225 e. The predicted octanol–water partition coefficient (Wildman–Crippen LogP) is 0.396. The predicted molar refractivity (Wildman–Crippen MR) is 66.9 cm³/mol. The van der Waals surface area contributed by atoms with Gasteiger partial charge in [-0.15, -0.1) is 0 Å². The summed E-state index contributed by atoms with van der Waals surface area (Å²) in [5, 5.41) is 2.99. The van der Waals surface area contributed by atoms with Crippen molar-refractivity contribution in [1.82, 2.24) is 10.2 Å². The number of likely N-dealkylation sites (tertiary alicyclic amines) is 1. The number of rotatable bonds is 3. The summed E-state index contributed by atoms with van der Waals surface area (Å²) in [6.45, 7) is 6.51. The van der Waals surface area contributed by atoms with Gasteiger partial charge in [0.2, 0.25) is 11.8 Å². The van der Waals surface area contributed by atoms with Crippen LogP contribution in [0.4, 0.5) is 0 Å². The number of hydrogen-bond acceptors (Lipinski definition) is 3. The molecule has 5 heteroatoms. The molecule has 2 aliphatic rings. The second kappa shape index (κ2) is 5.69. The first-order valence-electron chi connectivity index (χ1n) is 6.75. The molecule has 0 atom stereocenters. The fraction of sp³-hybridized carbons (Fsp3) is 0.846. The van der Waals surface area contributed by atoms with Crippen LogP contribution in [0.2, 0.25) is 0 Å². The lowest BCUT2D eigenvalue weighted by Crippen LogP contribution is -2.52. The standard InChI is InChI=1S/C13H22N2O3/c1-9(2)13(17)15-5-3-10(4-6-15)12(16)14-11-7-18-8-11/h9-11H,3-8H2,1-2H3,(H,14,16). The Labute approximate surface area is 108 Å². The molecule has 2 saturated heterocycles. The Balaban J connectivity index is 1.75. The zero-order chi connectivity index (χ0) is 13.1. The van der Waals surface area contributed by atoms with Gasteiger partial charge in [-0.05, 0) is 12.8 Å². The number of carbonyl (C=O) groups excluding carboxylic acids is 2. The van der Waals surface area contributed by atoms with Crippen LogP contribution in [0, 0.1) is 11.8 Å². The number of piperidine rings is 1. The van der Waals surface area contributed by atoms with Crippen molar-refractivity contribution in [2.45, 2.75) is 32.7 Å². The van der Waals surface area contributed by atoms with Gasteiger partial charge >= 0.3 is 0 Å². The molecule has 18 heavy (non-hydrogen) atoms. The maximum atomic E-state index is 11.9. The topological polar surface area (TPSA) is 58.6 Å². The van der Waals surface area contributed by atoms with E-state index in [1.54, 1.807) is 0 Å². The van der Waals surface area contributed by atoms with Crippen molar-refractivity contribution in [3.8, 4) is 0 Å². The number of hydrogen-bond donors (Lipinski definition) is 1. The summed E-state index contributed by atoms with van der Waals surface area (Å²) in [7, 11) is 0. The lowest BCUT2D eigenvalue weighted by atomic mass is 9.94. The SMILES string of the molecule is CC(C)C(=O)N1CCC(C(=O)NC2COC2)CC1. The zero-order valence-electron chi connectivity index (χ0n) is 11.1. The summed E-state index contributed by atoms with van der Waals surface area (Å²) >= 11 is 0. The summed E-state index contributed by atoms with van der Waals surface area (Å²) < 4.78 is 5.03. The summed E-state index contributed by atoms with van der Waals surface area (Å²) in [6.07, 6.45) is 1.55. The largest absolute Gasteiger partial charge is 0.377 e. The molecule has 2 rings (SSSR count). The van der Waals surface area contributed by atoms with Crippen LogP contribution in [0.5, 0.6) is 0 Å². The molecule has 0 radical (unpaired) electrons. The molecule has 2 aliphatic heterocycles. The van der Waals surface area contributed by atoms with E-state index in [4.69, 9.17) is 4.74 Å². The van der Waals surface area contributed by atoms with E-state index in [1.165, 1.54) is 0 Å². The van der Waals surface area contributed by atoms with Crippen molar-refractivity contribution >= 4 is 11.8 Å². The lowest BCUT2D eigenvalue weighted by molar-refractivity contribution is -0.139. The number of nitrogens with one attached hydrogen (secondary N) is 1. The number of amides is 2. The van der Waals surface area contributed by atoms with Gasteiger partial charge in [-0.2, -0.15) is 0 Å². The average molecular weight is 254 g/mol. The molecular weight excluding hydrogens is 232 g/mol. The highest BCUT2D eigenvalue weighted by Gasteiger charge is 2.30. The molecular formula is C13H22N2O3. The number of carbonyl (C=O) groups is 2. The van der Waals surface area contributed by atoms with Crippen LogP contribution < -0.4 is 5.32 Å². The molecule has 102 valence electrons. The Morgan fingerprint density at radius 1 is 1.22 bits per heavy atom. The Kier molecular flexibility index (Phi) is 4.22. The van der Waals surface area contributed by atoms with Crippen molar-refractivity contribution in [2.75, 3.05) is 26.3 Å². The van der Waals surface area contributed by atoms with Crippen LogP contribution in [-0.4, -0.2) is 49.1 Å². The van der Waals surface area contributed by atoms with Gasteiger partial charge in [0, 0.05) is 24.9 Å². The Bertz CT molecular complexity index is 318. The first-order chi connectivity index (χ1) is 8.58. The fourth-order valence-electron chi connectivity index (χ4n) is 2.37. The van der Waals surface area contributed by atoms with Gasteiger partial charge in [0.1, 0.15) is 0 Å². The molecule has 0 saturated carbocycles. The quantitative estimate of drug-likeness (QED) is 0.793. The molecule has 0 aromatic carbocycles. The van der Waals surface area contributed by atoms with E-state index in [9.17, 15) is 9.59 Å². The van der Waals surface area contributed by atoms with Crippen LogP contribution in [0.25, 0.3) is 0 Å². The van der Waals surface area contributed by atoms with Crippen molar-refractivity contribution in [2.24, 2.45) is 11.8 Å². The normalized spacial score (nSPS) is 21.8. The molecule has 5 nitrogen and oxygen atoms in total. The van der Waals surface area contributed by atoms with E-state index in [-0.39, 0.29) is 29.7 Å². The first kappa shape index (κ1) is 13.3. The van der Waals surface area contributed by atoms with Crippen LogP contribution >= 0.6 is 0 Å². The van der Waals surface area contributed by atoms with Crippen molar-refractivity contribution in [1.29, 1.82) is 0 Å². The van der Waals surface area contributed by atoms with Crippen molar-refractivity contribution < 1.29 is 14.3 Å². The maximum absolute atomic E-state index is 11.9. The molecule has 0 aliphatic carbocycles. The molecule has 0 spiro atoms. The second-order valence-electron chi connectivity index (χ2n) is 5.50. The summed E-state index contributed by atoms with van der Waals surface area (Å²) in [5.41, 5.74) is 0. The third-order valence-electron chi connectivity index (χ3n) is 3.66. The lowest BCUT2D eigenvalue weighted by Gasteiger charge is -2.34. The van der Waals surface area contributed by atoms with Crippen LogP contribution in [0.1, 0.15) is 26.7 Å². The van der Waals surface area contributed by atoms with Gasteiger partial charge in [-0.1, -0.05) is 13.8 Å². The molecule has 2 heterocycles. The molecule has 0 aromatic heterocycles. The number of nitrogens with zero attached hydrogens (tertiary/aromatic N) is 1. The van der Waals surface area contributed by atoms with Gasteiger partial charge in [-0.3, -0.25) is 9.59 Å². The highest BCUT2D eigenvalue weighted by atomic mass is 16.5. The fourth-order valence-corrected chi connectivity index (χ4v) is 2.37. The highest BCUT2D eigenvalue weighted by molar-refractivity contribution is 5.81. The molecule has 2 amide bonds. The summed E-state index contributed by atoms with van der Waals surface area (Å²) in [4.78, 5) is 25.6. The minimum Gasteiger partial charge on any atom is -0.377 e. The van der Waals surface area contributed by atoms with Gasteiger partial charge in [0.25, 0.3) is 0 Å². The van der Waals surface area contributed by atoms with Gasteiger partial charge in [0.05, 0.1) is 19.3 Å². The third kappa shape index (κ3) is 3.02. The molecule has 2 fully saturated rings. The van der Waals surface area contributed by atoms with E-state index in [0.29, 0.717) is 26.3 Å². The van der Waals surface area contributed by atoms with E-state index < -0.39 is 0 Å². The number of ether oxygens (including phenoxy) is 1. The molecule has 0 aromatic rings. The average Bonchev–Trinajstić information content (AvgIpc) is 2.32. The Morgan fingerprint density at radius 3 is 2.28 bits per heavy atom. The summed E-state index contributed by atoms with van der Waals surface area (Å²) in [5.74, 6) is 0.422. The third-order valence-corrected chi connectivity index (χ3v) is 3.66. The highest BCUT2D eigenvalue weighted by Crippen LogP contribution is 2.19. The van der Waals surface area contributed by atoms with E-state index in [0.717, 1.165) is 12.8 Å². The van der Waals surface area contributed by atoms with Crippen LogP contribution in [-0.2, 0) is 14.3 Å². The van der Waals surface area contributed by atoms with Crippen LogP contribution in [0.3, 0.4) is 0 Å². The van der Waals surface area contributed by atoms with Gasteiger partial charge in [-0.25, -0.2) is 0 Å². The minimum absolute atomic E-state index is 0.0440. The second-order valence-corrected chi connectivity index (χ2v) is 5.50. The Hall–Kier alpha value is -1.10. The summed E-state index contributed by atoms with van der Waals surface area (Å²) in [6, 6.07) is 0.202. The zero-order valence-corrected chi connectivity index (χ0v) is 11.1. The monoisotopic (exact) mass is 254 g/mol. The first-order valence-corrected chi connectivity index (χ1v) is 6.75. The van der Waals surface area contributed by atoms with Crippen molar-refractivity contribution in [3.05, 3.63) is 0 Å².